The number of aryl methyl sites for hydroxylation is 2. The van der Waals surface area contributed by atoms with Crippen LogP contribution in [-0.2, 0) is 6.54 Å². The minimum absolute atomic E-state index is 0.0958. The molecule has 2 heterocycles. The van der Waals surface area contributed by atoms with Gasteiger partial charge in [-0.1, -0.05) is 35.5 Å². The van der Waals surface area contributed by atoms with Crippen LogP contribution in [0, 0.1) is 20.4 Å². The highest BCUT2D eigenvalue weighted by atomic mass is 16.5. The van der Waals surface area contributed by atoms with E-state index in [-0.39, 0.29) is 11.2 Å². The summed E-state index contributed by atoms with van der Waals surface area (Å²) < 4.78 is 6.76. The van der Waals surface area contributed by atoms with Gasteiger partial charge < -0.3 is 9.09 Å². The van der Waals surface area contributed by atoms with E-state index in [9.17, 15) is 4.79 Å². The molecule has 0 saturated carbocycles. The van der Waals surface area contributed by atoms with Crippen molar-refractivity contribution >= 4 is 5.69 Å². The molecule has 0 unspecified atom stereocenters. The van der Waals surface area contributed by atoms with E-state index in [1.54, 1.807) is 16.8 Å². The quantitative estimate of drug-likeness (QED) is 0.693. The first-order valence-corrected chi connectivity index (χ1v) is 7.19. The summed E-state index contributed by atoms with van der Waals surface area (Å²) in [6, 6.07) is 11.3. The van der Waals surface area contributed by atoms with Crippen LogP contribution in [0.1, 0.15) is 17.0 Å². The van der Waals surface area contributed by atoms with Crippen LogP contribution in [0.2, 0.25) is 0 Å². The number of pyridine rings is 1. The van der Waals surface area contributed by atoms with Crippen molar-refractivity contribution in [3.8, 4) is 11.1 Å². The van der Waals surface area contributed by atoms with Crippen molar-refractivity contribution in [1.29, 1.82) is 0 Å². The van der Waals surface area contributed by atoms with Crippen LogP contribution in [0.5, 0.6) is 0 Å². The van der Waals surface area contributed by atoms with Gasteiger partial charge in [-0.15, -0.1) is 0 Å². The van der Waals surface area contributed by atoms with Crippen molar-refractivity contribution in [1.82, 2.24) is 9.72 Å². The summed E-state index contributed by atoms with van der Waals surface area (Å²) in [4.78, 5) is 15.8. The highest BCUT2D eigenvalue weighted by Crippen LogP contribution is 2.28. The van der Waals surface area contributed by atoms with Crippen LogP contribution >= 0.6 is 0 Å². The molecule has 0 saturated heterocycles. The summed E-state index contributed by atoms with van der Waals surface area (Å²) in [7, 11) is 0. The van der Waals surface area contributed by atoms with E-state index >= 15 is 0 Å². The Balaban J connectivity index is 2.15. The molecule has 5 heteroatoms. The molecule has 3 rings (SSSR count). The summed E-state index contributed by atoms with van der Waals surface area (Å²) in [5, 5.41) is 3.94. The number of rotatable bonds is 3. The van der Waals surface area contributed by atoms with Crippen molar-refractivity contribution in [2.45, 2.75) is 20.4 Å². The van der Waals surface area contributed by atoms with Crippen LogP contribution in [0.25, 0.3) is 16.0 Å². The van der Waals surface area contributed by atoms with Gasteiger partial charge in [0, 0.05) is 18.3 Å². The molecule has 5 nitrogen and oxygen atoms in total. The Morgan fingerprint density at radius 1 is 1.26 bits per heavy atom. The topological polar surface area (TPSA) is 52.4 Å². The predicted octanol–water partition coefficient (Wildman–Crippen LogP) is 3.72. The van der Waals surface area contributed by atoms with E-state index in [1.165, 1.54) is 0 Å². The zero-order chi connectivity index (χ0) is 16.4. The lowest BCUT2D eigenvalue weighted by molar-refractivity contribution is 0.393. The summed E-state index contributed by atoms with van der Waals surface area (Å²) in [5.41, 5.74) is 3.14. The second-order valence-electron chi connectivity index (χ2n) is 5.34. The zero-order valence-electron chi connectivity index (χ0n) is 12.9. The van der Waals surface area contributed by atoms with E-state index in [0.29, 0.717) is 12.3 Å². The standard InChI is InChI=1S/C18H15N3O2/c1-12-17(13(2)23-20-12)15-9-16(19-3)18(22)21(11-15)10-14-7-5-4-6-8-14/h4-9,11H,10H2,1-2H3. The number of hydrogen-bond acceptors (Lipinski definition) is 3. The summed E-state index contributed by atoms with van der Waals surface area (Å²) in [6.45, 7) is 11.3. The molecule has 114 valence electrons. The number of benzene rings is 1. The van der Waals surface area contributed by atoms with Crippen molar-refractivity contribution in [2.24, 2.45) is 0 Å². The molecule has 23 heavy (non-hydrogen) atoms. The van der Waals surface area contributed by atoms with E-state index in [4.69, 9.17) is 11.1 Å². The highest BCUT2D eigenvalue weighted by molar-refractivity contribution is 5.70. The summed E-state index contributed by atoms with van der Waals surface area (Å²) in [5.74, 6) is 0.670. The first-order valence-electron chi connectivity index (χ1n) is 7.19. The lowest BCUT2D eigenvalue weighted by Gasteiger charge is -2.10. The predicted molar refractivity (Wildman–Crippen MR) is 87.5 cm³/mol. The molecular formula is C18H15N3O2. The van der Waals surface area contributed by atoms with Gasteiger partial charge in [-0.2, -0.15) is 0 Å². The third-order valence-corrected chi connectivity index (χ3v) is 3.71. The van der Waals surface area contributed by atoms with E-state index in [0.717, 1.165) is 22.4 Å². The van der Waals surface area contributed by atoms with Gasteiger partial charge in [0.1, 0.15) is 5.76 Å². The Labute approximate surface area is 133 Å². The summed E-state index contributed by atoms with van der Waals surface area (Å²) >= 11 is 0. The minimum atomic E-state index is -0.292. The molecule has 0 bridgehead atoms. The highest BCUT2D eigenvalue weighted by Gasteiger charge is 2.15. The Morgan fingerprint density at radius 3 is 2.61 bits per heavy atom. The SMILES string of the molecule is [C-]#[N+]c1cc(-c2c(C)noc2C)cn(Cc2ccccc2)c1=O. The van der Waals surface area contributed by atoms with Gasteiger partial charge in [0.2, 0.25) is 0 Å². The first-order chi connectivity index (χ1) is 11.1. The van der Waals surface area contributed by atoms with Gasteiger partial charge >= 0.3 is 0 Å². The third-order valence-electron chi connectivity index (χ3n) is 3.71. The van der Waals surface area contributed by atoms with Crippen molar-refractivity contribution in [2.75, 3.05) is 0 Å². The lowest BCUT2D eigenvalue weighted by Crippen LogP contribution is -2.19. The van der Waals surface area contributed by atoms with Gasteiger partial charge in [-0.25, -0.2) is 4.85 Å². The molecule has 0 amide bonds. The van der Waals surface area contributed by atoms with Crippen LogP contribution in [0.15, 0.2) is 51.9 Å². The second-order valence-corrected chi connectivity index (χ2v) is 5.34. The second kappa shape index (κ2) is 5.93. The molecular weight excluding hydrogens is 290 g/mol. The molecule has 0 radical (unpaired) electrons. The maximum Gasteiger partial charge on any atom is 0.257 e. The van der Waals surface area contributed by atoms with Crippen molar-refractivity contribution < 1.29 is 4.52 Å². The average Bonchev–Trinajstić information content (AvgIpc) is 2.89. The van der Waals surface area contributed by atoms with Crippen LogP contribution < -0.4 is 5.56 Å². The smallest absolute Gasteiger partial charge is 0.257 e. The third kappa shape index (κ3) is 2.79. The Morgan fingerprint density at radius 2 is 2.00 bits per heavy atom. The minimum Gasteiger partial charge on any atom is -0.361 e. The molecule has 0 fully saturated rings. The molecule has 3 aromatic rings. The van der Waals surface area contributed by atoms with Gasteiger partial charge in [-0.05, 0) is 31.0 Å². The normalized spacial score (nSPS) is 10.5. The molecule has 0 N–H and O–H groups in total. The fourth-order valence-corrected chi connectivity index (χ4v) is 2.63. The monoisotopic (exact) mass is 305 g/mol. The van der Waals surface area contributed by atoms with Gasteiger partial charge in [0.25, 0.3) is 11.2 Å². The average molecular weight is 305 g/mol. The first kappa shape index (κ1) is 14.8. The van der Waals surface area contributed by atoms with Gasteiger partial charge in [-0.3, -0.25) is 4.79 Å². The van der Waals surface area contributed by atoms with E-state index < -0.39 is 0 Å². The van der Waals surface area contributed by atoms with Crippen LogP contribution in [-0.4, -0.2) is 9.72 Å². The molecule has 0 aliphatic carbocycles. The van der Waals surface area contributed by atoms with Crippen LogP contribution in [0.4, 0.5) is 5.69 Å². The maximum atomic E-state index is 12.4. The molecule has 0 spiro atoms. The maximum absolute atomic E-state index is 12.4. The van der Waals surface area contributed by atoms with Crippen molar-refractivity contribution in [3.63, 3.8) is 0 Å². The van der Waals surface area contributed by atoms with Gasteiger partial charge in [0.05, 0.1) is 12.3 Å². The largest absolute Gasteiger partial charge is 0.361 e. The fourth-order valence-electron chi connectivity index (χ4n) is 2.63. The van der Waals surface area contributed by atoms with Crippen molar-refractivity contribution in [3.05, 3.63) is 81.4 Å². The number of hydrogen-bond donors (Lipinski definition) is 0. The molecule has 0 atom stereocenters. The molecule has 0 aliphatic heterocycles. The molecule has 2 aromatic heterocycles. The Hall–Kier alpha value is -3.13. The zero-order valence-corrected chi connectivity index (χ0v) is 12.9. The summed E-state index contributed by atoms with van der Waals surface area (Å²) in [6.07, 6.45) is 1.76. The van der Waals surface area contributed by atoms with E-state index in [1.807, 2.05) is 44.2 Å². The fraction of sp³-hybridized carbons (Fsp3) is 0.167. The molecule has 1 aromatic carbocycles. The molecule has 0 aliphatic rings. The number of aromatic nitrogens is 2. The van der Waals surface area contributed by atoms with Gasteiger partial charge in [0.15, 0.2) is 0 Å². The van der Waals surface area contributed by atoms with Crippen LogP contribution in [0.3, 0.4) is 0 Å². The Bertz CT molecular complexity index is 927. The number of nitrogens with zero attached hydrogens (tertiary/aromatic N) is 3. The lowest BCUT2D eigenvalue weighted by atomic mass is 10.1. The Kier molecular flexibility index (Phi) is 3.82. The van der Waals surface area contributed by atoms with E-state index in [2.05, 4.69) is 10.0 Å².